The predicted molar refractivity (Wildman–Crippen MR) is 107 cm³/mol. The summed E-state index contributed by atoms with van der Waals surface area (Å²) in [5.41, 5.74) is 2.43. The van der Waals surface area contributed by atoms with Crippen molar-refractivity contribution in [2.75, 3.05) is 19.7 Å². The fourth-order valence-electron chi connectivity index (χ4n) is 4.16. The topological polar surface area (TPSA) is 68.2 Å². The number of esters is 1. The number of nitrogens with zero attached hydrogens (tertiary/aromatic N) is 2. The van der Waals surface area contributed by atoms with Gasteiger partial charge in [0, 0.05) is 32.4 Å². The highest BCUT2D eigenvalue weighted by Gasteiger charge is 2.47. The van der Waals surface area contributed by atoms with Gasteiger partial charge >= 0.3 is 5.97 Å². The van der Waals surface area contributed by atoms with Crippen LogP contribution < -0.4 is 0 Å². The van der Waals surface area contributed by atoms with E-state index in [0.29, 0.717) is 45.4 Å². The molecule has 1 aromatic rings. The summed E-state index contributed by atoms with van der Waals surface area (Å²) in [5.74, 6) is -0.145. The van der Waals surface area contributed by atoms with Crippen molar-refractivity contribution in [3.63, 3.8) is 0 Å². The van der Waals surface area contributed by atoms with E-state index in [4.69, 9.17) is 9.57 Å². The molecule has 1 saturated heterocycles. The van der Waals surface area contributed by atoms with Crippen molar-refractivity contribution >= 4 is 17.6 Å². The molecule has 2 heterocycles. The SMILES string of the molecule is CCOC(=O)[C@@]1(C[C@H]2CC(c3ccc(C)cc3)=NO2)CCCN(C(=O)CC)C1. The monoisotopic (exact) mass is 386 g/mol. The fourth-order valence-corrected chi connectivity index (χ4v) is 4.16. The van der Waals surface area contributed by atoms with Crippen LogP contribution in [-0.4, -0.2) is 48.3 Å². The first-order valence-electron chi connectivity index (χ1n) is 10.2. The molecule has 0 aromatic heterocycles. The normalized spacial score (nSPS) is 24.5. The number of piperidine rings is 1. The summed E-state index contributed by atoms with van der Waals surface area (Å²) in [6, 6.07) is 8.20. The van der Waals surface area contributed by atoms with Crippen molar-refractivity contribution in [3.05, 3.63) is 35.4 Å². The molecule has 0 N–H and O–H groups in total. The van der Waals surface area contributed by atoms with Crippen LogP contribution in [0.1, 0.15) is 57.1 Å². The number of aryl methyl sites for hydroxylation is 1. The smallest absolute Gasteiger partial charge is 0.314 e. The summed E-state index contributed by atoms with van der Waals surface area (Å²) in [4.78, 5) is 32.7. The molecule has 1 amide bonds. The van der Waals surface area contributed by atoms with Gasteiger partial charge in [0.1, 0.15) is 6.10 Å². The number of hydrogen-bond acceptors (Lipinski definition) is 5. The molecule has 1 fully saturated rings. The lowest BCUT2D eigenvalue weighted by Gasteiger charge is -2.41. The molecular formula is C22H30N2O4. The van der Waals surface area contributed by atoms with Crippen molar-refractivity contribution in [1.82, 2.24) is 4.90 Å². The second-order valence-corrected chi connectivity index (χ2v) is 7.81. The molecule has 6 heteroatoms. The van der Waals surface area contributed by atoms with Gasteiger partial charge in [0.05, 0.1) is 17.7 Å². The van der Waals surface area contributed by atoms with Crippen LogP contribution in [0, 0.1) is 12.3 Å². The Balaban J connectivity index is 1.73. The molecule has 2 aliphatic heterocycles. The molecule has 2 atom stereocenters. The maximum absolute atomic E-state index is 12.9. The minimum atomic E-state index is -0.720. The standard InChI is InChI=1S/C22H30N2O4/c1-4-20(25)24-12-6-11-22(15-24,21(26)27-5-2)14-18-13-19(23-28-18)17-9-7-16(3)8-10-17/h7-10,18H,4-6,11-15H2,1-3H3/t18-,22-/m1/s1. The molecule has 0 spiro atoms. The molecule has 0 bridgehead atoms. The van der Waals surface area contributed by atoms with E-state index in [1.54, 1.807) is 4.90 Å². The van der Waals surface area contributed by atoms with Gasteiger partial charge in [-0.05, 0) is 32.3 Å². The zero-order valence-corrected chi connectivity index (χ0v) is 17.1. The lowest BCUT2D eigenvalue weighted by atomic mass is 9.74. The Labute approximate surface area is 166 Å². The van der Waals surface area contributed by atoms with Crippen LogP contribution in [0.2, 0.25) is 0 Å². The number of rotatable bonds is 6. The maximum Gasteiger partial charge on any atom is 0.314 e. The quantitative estimate of drug-likeness (QED) is 0.702. The van der Waals surface area contributed by atoms with E-state index in [1.807, 2.05) is 26.0 Å². The Bertz CT molecular complexity index is 743. The third-order valence-electron chi connectivity index (χ3n) is 5.68. The number of carbonyl (C=O) groups excluding carboxylic acids is 2. The first-order valence-corrected chi connectivity index (χ1v) is 10.2. The van der Waals surface area contributed by atoms with E-state index in [9.17, 15) is 9.59 Å². The number of hydrogen-bond donors (Lipinski definition) is 0. The maximum atomic E-state index is 12.9. The highest BCUT2D eigenvalue weighted by atomic mass is 16.6. The number of amides is 1. The molecule has 1 aromatic carbocycles. The number of oxime groups is 1. The van der Waals surface area contributed by atoms with E-state index in [0.717, 1.165) is 17.7 Å². The average Bonchev–Trinajstić information content (AvgIpc) is 3.16. The number of ether oxygens (including phenoxy) is 1. The van der Waals surface area contributed by atoms with E-state index in [1.165, 1.54) is 5.56 Å². The Morgan fingerprint density at radius 2 is 2.04 bits per heavy atom. The van der Waals surface area contributed by atoms with Crippen molar-refractivity contribution in [1.29, 1.82) is 0 Å². The third-order valence-corrected chi connectivity index (χ3v) is 5.68. The Kier molecular flexibility index (Phi) is 6.37. The molecule has 6 nitrogen and oxygen atoms in total. The predicted octanol–water partition coefficient (Wildman–Crippen LogP) is 3.46. The molecule has 152 valence electrons. The van der Waals surface area contributed by atoms with E-state index in [2.05, 4.69) is 24.2 Å². The largest absolute Gasteiger partial charge is 0.466 e. The highest BCUT2D eigenvalue weighted by molar-refractivity contribution is 6.01. The first kappa shape index (κ1) is 20.4. The van der Waals surface area contributed by atoms with Crippen LogP contribution in [0.25, 0.3) is 0 Å². The van der Waals surface area contributed by atoms with Gasteiger partial charge in [-0.1, -0.05) is 41.9 Å². The minimum absolute atomic E-state index is 0.0808. The molecule has 0 saturated carbocycles. The van der Waals surface area contributed by atoms with E-state index in [-0.39, 0.29) is 18.0 Å². The van der Waals surface area contributed by atoms with Crippen molar-refractivity contribution in [2.24, 2.45) is 10.6 Å². The van der Waals surface area contributed by atoms with Crippen molar-refractivity contribution in [3.8, 4) is 0 Å². The van der Waals surface area contributed by atoms with Crippen LogP contribution in [-0.2, 0) is 19.2 Å². The van der Waals surface area contributed by atoms with E-state index < -0.39 is 5.41 Å². The van der Waals surface area contributed by atoms with Gasteiger partial charge < -0.3 is 14.5 Å². The summed E-state index contributed by atoms with van der Waals surface area (Å²) in [7, 11) is 0. The molecule has 0 radical (unpaired) electrons. The minimum Gasteiger partial charge on any atom is -0.466 e. The van der Waals surface area contributed by atoms with Gasteiger partial charge in [-0.25, -0.2) is 0 Å². The third kappa shape index (κ3) is 4.37. The molecule has 2 aliphatic rings. The molecular weight excluding hydrogens is 356 g/mol. The number of benzene rings is 1. The molecule has 28 heavy (non-hydrogen) atoms. The second-order valence-electron chi connectivity index (χ2n) is 7.81. The second kappa shape index (κ2) is 8.76. The summed E-state index contributed by atoms with van der Waals surface area (Å²) < 4.78 is 5.41. The number of likely N-dealkylation sites (tertiary alicyclic amines) is 1. The van der Waals surface area contributed by atoms with Gasteiger partial charge in [0.2, 0.25) is 5.91 Å². The number of carbonyl (C=O) groups is 2. The summed E-state index contributed by atoms with van der Waals surface area (Å²) in [6.07, 6.45) is 2.93. The lowest BCUT2D eigenvalue weighted by Crippen LogP contribution is -2.51. The molecule has 3 rings (SSSR count). The van der Waals surface area contributed by atoms with Crippen LogP contribution in [0.5, 0.6) is 0 Å². The molecule has 0 unspecified atom stereocenters. The van der Waals surface area contributed by atoms with Crippen LogP contribution in [0.15, 0.2) is 29.4 Å². The Morgan fingerprint density at radius 3 is 2.71 bits per heavy atom. The lowest BCUT2D eigenvalue weighted by molar-refractivity contribution is -0.163. The summed E-state index contributed by atoms with van der Waals surface area (Å²) in [6.45, 7) is 7.15. The summed E-state index contributed by atoms with van der Waals surface area (Å²) in [5, 5.41) is 4.27. The van der Waals surface area contributed by atoms with Gasteiger partial charge in [0.25, 0.3) is 0 Å². The Morgan fingerprint density at radius 1 is 1.29 bits per heavy atom. The fraction of sp³-hybridized carbons (Fsp3) is 0.591. The van der Waals surface area contributed by atoms with Gasteiger partial charge in [-0.3, -0.25) is 9.59 Å². The van der Waals surface area contributed by atoms with Crippen LogP contribution in [0.3, 0.4) is 0 Å². The van der Waals surface area contributed by atoms with Crippen LogP contribution >= 0.6 is 0 Å². The van der Waals surface area contributed by atoms with Gasteiger partial charge in [-0.2, -0.15) is 0 Å². The highest BCUT2D eigenvalue weighted by Crippen LogP contribution is 2.39. The van der Waals surface area contributed by atoms with Crippen molar-refractivity contribution in [2.45, 2.75) is 59.0 Å². The van der Waals surface area contributed by atoms with E-state index >= 15 is 0 Å². The zero-order chi connectivity index (χ0) is 20.1. The van der Waals surface area contributed by atoms with Gasteiger partial charge in [0.15, 0.2) is 0 Å². The van der Waals surface area contributed by atoms with Gasteiger partial charge in [-0.15, -0.1) is 0 Å². The average molecular weight is 386 g/mol. The van der Waals surface area contributed by atoms with Crippen molar-refractivity contribution < 1.29 is 19.2 Å². The molecule has 0 aliphatic carbocycles. The zero-order valence-electron chi connectivity index (χ0n) is 17.1. The Hall–Kier alpha value is -2.37. The first-order chi connectivity index (χ1) is 13.5. The summed E-state index contributed by atoms with van der Waals surface area (Å²) >= 11 is 0. The van der Waals surface area contributed by atoms with Crippen LogP contribution in [0.4, 0.5) is 0 Å².